The van der Waals surface area contributed by atoms with Crippen LogP contribution in [0, 0.1) is 0 Å². The highest BCUT2D eigenvalue weighted by molar-refractivity contribution is 8.00. The SMILES string of the molecule is NC(=O)CCNS(=O)(=O)CCSc1ccccc1N. The molecule has 1 amide bonds. The van der Waals surface area contributed by atoms with Crippen LogP contribution in [-0.4, -0.2) is 32.4 Å². The number of para-hydroxylation sites is 1. The number of nitrogens with one attached hydrogen (secondary N) is 1. The van der Waals surface area contributed by atoms with E-state index in [1.54, 1.807) is 6.07 Å². The minimum atomic E-state index is -3.38. The van der Waals surface area contributed by atoms with Gasteiger partial charge < -0.3 is 11.5 Å². The Labute approximate surface area is 117 Å². The maximum Gasteiger partial charge on any atom is 0.218 e. The van der Waals surface area contributed by atoms with E-state index in [1.807, 2.05) is 18.2 Å². The van der Waals surface area contributed by atoms with Crippen LogP contribution in [0.25, 0.3) is 0 Å². The van der Waals surface area contributed by atoms with E-state index < -0.39 is 15.9 Å². The van der Waals surface area contributed by atoms with Crippen molar-refractivity contribution in [2.45, 2.75) is 11.3 Å². The van der Waals surface area contributed by atoms with Gasteiger partial charge in [-0.3, -0.25) is 4.79 Å². The number of amides is 1. The molecule has 1 aromatic carbocycles. The lowest BCUT2D eigenvalue weighted by atomic mass is 10.3. The third-order valence-electron chi connectivity index (χ3n) is 2.22. The van der Waals surface area contributed by atoms with Crippen molar-refractivity contribution >= 4 is 33.4 Å². The number of primary amides is 1. The summed E-state index contributed by atoms with van der Waals surface area (Å²) in [5.74, 6) is -0.181. The van der Waals surface area contributed by atoms with Crippen molar-refractivity contribution in [1.82, 2.24) is 4.72 Å². The summed E-state index contributed by atoms with van der Waals surface area (Å²) in [5, 5.41) is 0. The van der Waals surface area contributed by atoms with Gasteiger partial charge in [-0.2, -0.15) is 0 Å². The first-order chi connectivity index (χ1) is 8.91. The molecule has 0 atom stereocenters. The summed E-state index contributed by atoms with van der Waals surface area (Å²) in [6, 6.07) is 7.27. The Morgan fingerprint density at radius 3 is 2.63 bits per heavy atom. The molecule has 0 fully saturated rings. The lowest BCUT2D eigenvalue weighted by Gasteiger charge is -2.07. The van der Waals surface area contributed by atoms with Crippen molar-refractivity contribution in [3.8, 4) is 0 Å². The molecule has 5 N–H and O–H groups in total. The number of rotatable bonds is 8. The first kappa shape index (κ1) is 15.8. The molecule has 0 aliphatic heterocycles. The number of carbonyl (C=O) groups is 1. The average molecular weight is 303 g/mol. The monoisotopic (exact) mass is 303 g/mol. The third-order valence-corrected chi connectivity index (χ3v) is 4.96. The van der Waals surface area contributed by atoms with Gasteiger partial charge in [0, 0.05) is 29.3 Å². The summed E-state index contributed by atoms with van der Waals surface area (Å²) in [5.41, 5.74) is 11.3. The Kier molecular flexibility index (Phi) is 6.13. The summed E-state index contributed by atoms with van der Waals surface area (Å²) >= 11 is 1.38. The van der Waals surface area contributed by atoms with E-state index in [9.17, 15) is 13.2 Å². The van der Waals surface area contributed by atoms with Crippen LogP contribution in [0.2, 0.25) is 0 Å². The Morgan fingerprint density at radius 1 is 1.32 bits per heavy atom. The second kappa shape index (κ2) is 7.37. The maximum absolute atomic E-state index is 11.6. The molecule has 0 heterocycles. The van der Waals surface area contributed by atoms with Crippen LogP contribution in [0.1, 0.15) is 6.42 Å². The fourth-order valence-corrected chi connectivity index (χ4v) is 3.67. The zero-order chi connectivity index (χ0) is 14.3. The molecule has 0 aliphatic carbocycles. The first-order valence-corrected chi connectivity index (χ1v) is 8.27. The third kappa shape index (κ3) is 6.46. The van der Waals surface area contributed by atoms with Gasteiger partial charge in [-0.05, 0) is 12.1 Å². The Hall–Kier alpha value is -1.25. The van der Waals surface area contributed by atoms with E-state index in [2.05, 4.69) is 4.72 Å². The molecule has 0 bridgehead atoms. The van der Waals surface area contributed by atoms with Crippen LogP contribution in [0.15, 0.2) is 29.2 Å². The molecule has 19 heavy (non-hydrogen) atoms. The largest absolute Gasteiger partial charge is 0.398 e. The van der Waals surface area contributed by atoms with Gasteiger partial charge in [-0.15, -0.1) is 11.8 Å². The van der Waals surface area contributed by atoms with E-state index in [1.165, 1.54) is 11.8 Å². The van der Waals surface area contributed by atoms with Crippen LogP contribution in [-0.2, 0) is 14.8 Å². The Morgan fingerprint density at radius 2 is 2.00 bits per heavy atom. The molecule has 6 nitrogen and oxygen atoms in total. The first-order valence-electron chi connectivity index (χ1n) is 5.63. The highest BCUT2D eigenvalue weighted by atomic mass is 32.2. The summed E-state index contributed by atoms with van der Waals surface area (Å²) in [6.07, 6.45) is -0.00198. The lowest BCUT2D eigenvalue weighted by Crippen LogP contribution is -2.30. The zero-order valence-electron chi connectivity index (χ0n) is 10.3. The maximum atomic E-state index is 11.6. The topological polar surface area (TPSA) is 115 Å². The van der Waals surface area contributed by atoms with Gasteiger partial charge in [0.2, 0.25) is 15.9 Å². The molecule has 1 aromatic rings. The van der Waals surface area contributed by atoms with Crippen molar-refractivity contribution in [2.24, 2.45) is 5.73 Å². The summed E-state index contributed by atoms with van der Waals surface area (Å²) in [6.45, 7) is 0.0375. The molecule has 0 aliphatic rings. The van der Waals surface area contributed by atoms with Gasteiger partial charge in [-0.1, -0.05) is 12.1 Å². The van der Waals surface area contributed by atoms with Crippen LogP contribution in [0.5, 0.6) is 0 Å². The minimum absolute atomic E-state index is 0.00198. The highest BCUT2D eigenvalue weighted by Crippen LogP contribution is 2.24. The van der Waals surface area contributed by atoms with E-state index in [0.29, 0.717) is 11.4 Å². The fourth-order valence-electron chi connectivity index (χ4n) is 1.28. The molecular formula is C11H17N3O3S2. The van der Waals surface area contributed by atoms with E-state index in [-0.39, 0.29) is 18.7 Å². The number of benzene rings is 1. The van der Waals surface area contributed by atoms with Crippen LogP contribution in [0.3, 0.4) is 0 Å². The summed E-state index contributed by atoms with van der Waals surface area (Å²) in [4.78, 5) is 11.3. The van der Waals surface area contributed by atoms with Gasteiger partial charge in [0.25, 0.3) is 0 Å². The van der Waals surface area contributed by atoms with E-state index in [0.717, 1.165) is 4.90 Å². The predicted molar refractivity (Wildman–Crippen MR) is 77.2 cm³/mol. The van der Waals surface area contributed by atoms with Crippen LogP contribution >= 0.6 is 11.8 Å². The van der Waals surface area contributed by atoms with Crippen LogP contribution in [0.4, 0.5) is 5.69 Å². The minimum Gasteiger partial charge on any atom is -0.398 e. The molecular weight excluding hydrogens is 286 g/mol. The predicted octanol–water partition coefficient (Wildman–Crippen LogP) is 0.156. The summed E-state index contributed by atoms with van der Waals surface area (Å²) < 4.78 is 25.5. The van der Waals surface area contributed by atoms with Crippen molar-refractivity contribution < 1.29 is 13.2 Å². The van der Waals surface area contributed by atoms with Crippen molar-refractivity contribution in [2.75, 3.05) is 23.8 Å². The van der Waals surface area contributed by atoms with Crippen LogP contribution < -0.4 is 16.2 Å². The molecule has 1 rings (SSSR count). The number of thioether (sulfide) groups is 1. The van der Waals surface area contributed by atoms with Gasteiger partial charge >= 0.3 is 0 Å². The van der Waals surface area contributed by atoms with E-state index >= 15 is 0 Å². The molecule has 8 heteroatoms. The molecule has 0 spiro atoms. The molecule has 0 radical (unpaired) electrons. The smallest absolute Gasteiger partial charge is 0.218 e. The van der Waals surface area contributed by atoms with Crippen molar-refractivity contribution in [3.05, 3.63) is 24.3 Å². The molecule has 0 aromatic heterocycles. The lowest BCUT2D eigenvalue weighted by molar-refractivity contribution is -0.117. The number of sulfonamides is 1. The number of anilines is 1. The highest BCUT2D eigenvalue weighted by Gasteiger charge is 2.10. The normalized spacial score (nSPS) is 11.4. The zero-order valence-corrected chi connectivity index (χ0v) is 12.0. The van der Waals surface area contributed by atoms with Gasteiger partial charge in [0.05, 0.1) is 5.75 Å². The van der Waals surface area contributed by atoms with Gasteiger partial charge in [0.1, 0.15) is 0 Å². The Balaban J connectivity index is 2.35. The number of hydrogen-bond donors (Lipinski definition) is 3. The van der Waals surface area contributed by atoms with Gasteiger partial charge in [0.15, 0.2) is 0 Å². The molecule has 106 valence electrons. The standard InChI is InChI=1S/C11H17N3O3S2/c12-9-3-1-2-4-10(9)18-7-8-19(16,17)14-6-5-11(13)15/h1-4,14H,5-8,12H2,(H2,13,15). The Bertz CT molecular complexity index is 532. The number of nitrogen functional groups attached to an aromatic ring is 1. The number of nitrogens with two attached hydrogens (primary N) is 2. The number of hydrogen-bond acceptors (Lipinski definition) is 5. The average Bonchev–Trinajstić information content (AvgIpc) is 2.30. The van der Waals surface area contributed by atoms with Crippen molar-refractivity contribution in [1.29, 1.82) is 0 Å². The fraction of sp³-hybridized carbons (Fsp3) is 0.364. The quantitative estimate of drug-likeness (QED) is 0.467. The molecule has 0 unspecified atom stereocenters. The second-order valence-corrected chi connectivity index (χ2v) is 6.88. The molecule has 0 saturated heterocycles. The van der Waals surface area contributed by atoms with Crippen molar-refractivity contribution in [3.63, 3.8) is 0 Å². The number of carbonyl (C=O) groups excluding carboxylic acids is 1. The van der Waals surface area contributed by atoms with Gasteiger partial charge in [-0.25, -0.2) is 13.1 Å². The van der Waals surface area contributed by atoms with E-state index in [4.69, 9.17) is 11.5 Å². The molecule has 0 saturated carbocycles. The summed E-state index contributed by atoms with van der Waals surface area (Å²) in [7, 11) is -3.38. The second-order valence-electron chi connectivity index (χ2n) is 3.82.